The molecule has 0 aromatic heterocycles. The lowest BCUT2D eigenvalue weighted by atomic mass is 9.78. The molecule has 0 unspecified atom stereocenters. The lowest BCUT2D eigenvalue weighted by Crippen LogP contribution is -2.65. The second-order valence-electron chi connectivity index (χ2n) is 10.1. The van der Waals surface area contributed by atoms with Crippen molar-refractivity contribution < 1.29 is 31.6 Å². The van der Waals surface area contributed by atoms with E-state index in [0.29, 0.717) is 0 Å². The summed E-state index contributed by atoms with van der Waals surface area (Å²) in [7, 11) is 0. The minimum absolute atomic E-state index is 0.0485. The normalized spacial score (nSPS) is 24.4. The number of carbonyl (C=O) groups is 1. The van der Waals surface area contributed by atoms with Gasteiger partial charge in [-0.2, -0.15) is 0 Å². The van der Waals surface area contributed by atoms with Crippen LogP contribution in [0.3, 0.4) is 0 Å². The summed E-state index contributed by atoms with van der Waals surface area (Å²) in [5.74, 6) is -0.924. The first-order valence-corrected chi connectivity index (χ1v) is 13.7. The molecular formula is C35H36O6. The topological polar surface area (TPSA) is 74.2 Å². The SMILES string of the molecule is [2H]C1([2H])C(=O)[C@H](OCc2ccccc2)[C@@H](OCc2ccccc2)[C@H](OCc2ccccc2)[C@]1(O)COCc1ccccc1. The van der Waals surface area contributed by atoms with Gasteiger partial charge in [-0.1, -0.05) is 121 Å². The molecule has 0 heterocycles. The zero-order valence-corrected chi connectivity index (χ0v) is 22.8. The largest absolute Gasteiger partial charge is 0.384 e. The standard InChI is InChI=1S/C35H36O6/c36-31-21-35(37,26-38-22-27-13-5-1-6-14-27)34(41-25-30-19-11-4-12-20-30)33(40-24-29-17-9-3-10-18-29)32(31)39-23-28-15-7-2-8-16-28/h1-20,32-34,37H,21-26H2/t32-,33+,34-,35+/m0/s1/i21D2. The number of rotatable bonds is 13. The molecule has 0 spiro atoms. The molecular weight excluding hydrogens is 516 g/mol. The number of ketones is 1. The number of benzene rings is 4. The molecule has 1 fully saturated rings. The summed E-state index contributed by atoms with van der Waals surface area (Å²) in [6, 6.07) is 37.5. The predicted molar refractivity (Wildman–Crippen MR) is 156 cm³/mol. The Labute approximate surface area is 244 Å². The lowest BCUT2D eigenvalue weighted by molar-refractivity contribution is -0.240. The molecule has 0 amide bonds. The van der Waals surface area contributed by atoms with Crippen LogP contribution in [-0.4, -0.2) is 41.4 Å². The molecule has 212 valence electrons. The van der Waals surface area contributed by atoms with E-state index in [1.165, 1.54) is 0 Å². The fourth-order valence-corrected chi connectivity index (χ4v) is 4.82. The fourth-order valence-electron chi connectivity index (χ4n) is 4.82. The van der Waals surface area contributed by atoms with Gasteiger partial charge in [-0.25, -0.2) is 0 Å². The molecule has 4 atom stereocenters. The highest BCUT2D eigenvalue weighted by Gasteiger charge is 2.55. The highest BCUT2D eigenvalue weighted by Crippen LogP contribution is 2.35. The van der Waals surface area contributed by atoms with E-state index in [0.717, 1.165) is 22.3 Å². The summed E-state index contributed by atoms with van der Waals surface area (Å²) in [4.78, 5) is 13.9. The zero-order valence-electron chi connectivity index (χ0n) is 24.8. The molecule has 0 saturated heterocycles. The van der Waals surface area contributed by atoms with Crippen molar-refractivity contribution in [1.82, 2.24) is 0 Å². The maximum atomic E-state index is 13.9. The van der Waals surface area contributed by atoms with Crippen LogP contribution in [0.5, 0.6) is 0 Å². The molecule has 0 aliphatic heterocycles. The van der Waals surface area contributed by atoms with Gasteiger partial charge >= 0.3 is 0 Å². The minimum Gasteiger partial charge on any atom is -0.384 e. The van der Waals surface area contributed by atoms with Gasteiger partial charge in [0.25, 0.3) is 0 Å². The van der Waals surface area contributed by atoms with Gasteiger partial charge in [0.1, 0.15) is 23.9 Å². The molecule has 1 aliphatic rings. The van der Waals surface area contributed by atoms with E-state index in [2.05, 4.69) is 0 Å². The Balaban J connectivity index is 1.48. The summed E-state index contributed by atoms with van der Waals surface area (Å²) in [6.07, 6.45) is -6.59. The Morgan fingerprint density at radius 2 is 1.05 bits per heavy atom. The summed E-state index contributed by atoms with van der Waals surface area (Å²) in [6.45, 7) is -0.196. The number of hydrogen-bond acceptors (Lipinski definition) is 6. The van der Waals surface area contributed by atoms with E-state index in [1.807, 2.05) is 121 Å². The van der Waals surface area contributed by atoms with Crippen molar-refractivity contribution in [2.24, 2.45) is 0 Å². The van der Waals surface area contributed by atoms with Crippen LogP contribution in [0.25, 0.3) is 0 Å². The third kappa shape index (κ3) is 7.97. The second-order valence-corrected chi connectivity index (χ2v) is 10.1. The van der Waals surface area contributed by atoms with Crippen LogP contribution in [0.1, 0.15) is 31.4 Å². The molecule has 4 aromatic carbocycles. The Morgan fingerprint density at radius 1 is 0.634 bits per heavy atom. The predicted octanol–water partition coefficient (Wildman–Crippen LogP) is 5.66. The molecule has 4 aromatic rings. The average Bonchev–Trinajstić information content (AvgIpc) is 3.04. The van der Waals surface area contributed by atoms with Crippen LogP contribution < -0.4 is 0 Å². The Morgan fingerprint density at radius 3 is 1.54 bits per heavy atom. The lowest BCUT2D eigenvalue weighted by Gasteiger charge is -2.46. The van der Waals surface area contributed by atoms with Gasteiger partial charge in [0.2, 0.25) is 0 Å². The van der Waals surface area contributed by atoms with Crippen molar-refractivity contribution >= 4 is 5.78 Å². The van der Waals surface area contributed by atoms with E-state index < -0.39 is 42.7 Å². The maximum absolute atomic E-state index is 13.9. The molecule has 1 aliphatic carbocycles. The average molecular weight is 555 g/mol. The van der Waals surface area contributed by atoms with Crippen LogP contribution >= 0.6 is 0 Å². The van der Waals surface area contributed by atoms with E-state index in [1.54, 1.807) is 0 Å². The van der Waals surface area contributed by atoms with Crippen LogP contribution in [-0.2, 0) is 50.2 Å². The van der Waals surface area contributed by atoms with Gasteiger partial charge in [-0.15, -0.1) is 0 Å². The zero-order chi connectivity index (χ0) is 30.1. The highest BCUT2D eigenvalue weighted by molar-refractivity contribution is 5.86. The summed E-state index contributed by atoms with van der Waals surface area (Å²) in [5.41, 5.74) is 0.928. The Bertz CT molecular complexity index is 1420. The third-order valence-electron chi connectivity index (χ3n) is 6.93. The molecule has 5 rings (SSSR count). The van der Waals surface area contributed by atoms with Crippen LogP contribution in [0.15, 0.2) is 121 Å². The maximum Gasteiger partial charge on any atom is 0.167 e. The first kappa shape index (κ1) is 26.3. The van der Waals surface area contributed by atoms with E-state index in [9.17, 15) is 9.90 Å². The monoisotopic (exact) mass is 554 g/mol. The van der Waals surface area contributed by atoms with Gasteiger partial charge in [0, 0.05) is 9.11 Å². The third-order valence-corrected chi connectivity index (χ3v) is 6.93. The van der Waals surface area contributed by atoms with Crippen molar-refractivity contribution in [2.75, 3.05) is 6.61 Å². The molecule has 1 saturated carbocycles. The van der Waals surface area contributed by atoms with Gasteiger partial charge in [-0.3, -0.25) is 4.79 Å². The number of Topliss-reactive ketones (excluding diaryl/α,β-unsaturated/α-hetero) is 1. The van der Waals surface area contributed by atoms with E-state index in [4.69, 9.17) is 21.7 Å². The van der Waals surface area contributed by atoms with Gasteiger partial charge < -0.3 is 24.1 Å². The van der Waals surface area contributed by atoms with Crippen LogP contribution in [0.2, 0.25) is 0 Å². The number of hydrogen-bond donors (Lipinski definition) is 1. The molecule has 6 nitrogen and oxygen atoms in total. The Hall–Kier alpha value is -3.65. The molecule has 41 heavy (non-hydrogen) atoms. The molecule has 0 bridgehead atoms. The van der Waals surface area contributed by atoms with Gasteiger partial charge in [0.05, 0.1) is 33.0 Å². The minimum atomic E-state index is -2.78. The van der Waals surface area contributed by atoms with Crippen molar-refractivity contribution in [2.45, 2.75) is 56.7 Å². The summed E-state index contributed by atoms with van der Waals surface area (Å²) in [5, 5.41) is 12.2. The van der Waals surface area contributed by atoms with Crippen molar-refractivity contribution in [3.63, 3.8) is 0 Å². The van der Waals surface area contributed by atoms with Crippen molar-refractivity contribution in [3.05, 3.63) is 144 Å². The Kier molecular flexibility index (Phi) is 9.16. The number of carbonyl (C=O) groups excluding carboxylic acids is 1. The second kappa shape index (κ2) is 14.3. The van der Waals surface area contributed by atoms with Crippen molar-refractivity contribution in [1.29, 1.82) is 0 Å². The van der Waals surface area contributed by atoms with Gasteiger partial charge in [0.15, 0.2) is 5.78 Å². The molecule has 6 heteroatoms. The van der Waals surface area contributed by atoms with E-state index in [-0.39, 0.29) is 26.4 Å². The van der Waals surface area contributed by atoms with Crippen LogP contribution in [0.4, 0.5) is 0 Å². The van der Waals surface area contributed by atoms with E-state index >= 15 is 0 Å². The first-order chi connectivity index (χ1) is 20.9. The highest BCUT2D eigenvalue weighted by atomic mass is 16.6. The van der Waals surface area contributed by atoms with Gasteiger partial charge in [-0.05, 0) is 22.3 Å². The quantitative estimate of drug-likeness (QED) is 0.230. The smallest absolute Gasteiger partial charge is 0.167 e. The first-order valence-electron chi connectivity index (χ1n) is 14.7. The summed E-state index contributed by atoms with van der Waals surface area (Å²) < 4.78 is 42.6. The number of aliphatic hydroxyl groups is 1. The number of ether oxygens (including phenoxy) is 4. The molecule has 1 N–H and O–H groups in total. The van der Waals surface area contributed by atoms with Crippen molar-refractivity contribution in [3.8, 4) is 0 Å². The van der Waals surface area contributed by atoms with Crippen LogP contribution in [0, 0.1) is 0 Å². The fraction of sp³-hybridized carbons (Fsp3) is 0.286. The molecule has 0 radical (unpaired) electrons. The summed E-state index contributed by atoms with van der Waals surface area (Å²) >= 11 is 0.